The Morgan fingerprint density at radius 1 is 1.43 bits per heavy atom. The normalized spacial score (nSPS) is 19.4. The standard InChI is InChI=1S/C9H8FNO3/c10-14-9-4-6-1-2-8(11(12)13)3-7(6)5-9/h1-3,9H,4-5H2. The monoisotopic (exact) mass is 197 g/mol. The zero-order valence-corrected chi connectivity index (χ0v) is 7.27. The van der Waals surface area contributed by atoms with Crippen LogP contribution in [0.25, 0.3) is 0 Å². The van der Waals surface area contributed by atoms with Crippen molar-refractivity contribution in [2.75, 3.05) is 0 Å². The predicted octanol–water partition coefficient (Wildman–Crippen LogP) is 1.96. The Morgan fingerprint density at radius 3 is 2.79 bits per heavy atom. The third-order valence-electron chi connectivity index (χ3n) is 2.42. The number of nitro benzene ring substituents is 1. The van der Waals surface area contributed by atoms with Crippen molar-refractivity contribution in [1.29, 1.82) is 0 Å². The maximum absolute atomic E-state index is 11.9. The summed E-state index contributed by atoms with van der Waals surface area (Å²) in [5.74, 6) is 0. The Labute approximate surface area is 79.4 Å². The van der Waals surface area contributed by atoms with E-state index < -0.39 is 11.0 Å². The Bertz CT molecular complexity index is 380. The van der Waals surface area contributed by atoms with Gasteiger partial charge in [-0.15, -0.1) is 0 Å². The molecule has 0 fully saturated rings. The third kappa shape index (κ3) is 1.46. The molecule has 0 spiro atoms. The Hall–Kier alpha value is -1.49. The Morgan fingerprint density at radius 2 is 2.14 bits per heavy atom. The summed E-state index contributed by atoms with van der Waals surface area (Å²) in [7, 11) is 0. The van der Waals surface area contributed by atoms with E-state index in [0.717, 1.165) is 11.1 Å². The van der Waals surface area contributed by atoms with Crippen LogP contribution in [-0.4, -0.2) is 11.0 Å². The molecule has 1 unspecified atom stereocenters. The maximum atomic E-state index is 11.9. The fraction of sp³-hybridized carbons (Fsp3) is 0.333. The largest absolute Gasteiger partial charge is 0.269 e. The van der Waals surface area contributed by atoms with Gasteiger partial charge in [-0.1, -0.05) is 6.07 Å². The average molecular weight is 197 g/mol. The Kier molecular flexibility index (Phi) is 2.17. The minimum Gasteiger partial charge on any atom is -0.258 e. The van der Waals surface area contributed by atoms with E-state index in [9.17, 15) is 14.6 Å². The molecule has 0 heterocycles. The summed E-state index contributed by atoms with van der Waals surface area (Å²) < 4.78 is 11.9. The first kappa shape index (κ1) is 9.08. The zero-order valence-electron chi connectivity index (χ0n) is 7.27. The van der Waals surface area contributed by atoms with E-state index >= 15 is 0 Å². The molecular weight excluding hydrogens is 189 g/mol. The highest BCUT2D eigenvalue weighted by atomic mass is 19.3. The van der Waals surface area contributed by atoms with Gasteiger partial charge in [-0.3, -0.25) is 10.1 Å². The predicted molar refractivity (Wildman–Crippen MR) is 46.5 cm³/mol. The highest BCUT2D eigenvalue weighted by molar-refractivity contribution is 5.42. The SMILES string of the molecule is O=[N+]([O-])c1ccc2c(c1)CC(OF)C2. The van der Waals surface area contributed by atoms with Gasteiger partial charge in [0.1, 0.15) is 6.10 Å². The highest BCUT2D eigenvalue weighted by Crippen LogP contribution is 2.27. The molecule has 1 aromatic carbocycles. The molecule has 14 heavy (non-hydrogen) atoms. The summed E-state index contributed by atoms with van der Waals surface area (Å²) in [5, 5.41) is 10.5. The number of benzene rings is 1. The van der Waals surface area contributed by atoms with Crippen LogP contribution in [0.15, 0.2) is 18.2 Å². The van der Waals surface area contributed by atoms with Crippen molar-refractivity contribution in [1.82, 2.24) is 0 Å². The Balaban J connectivity index is 2.31. The fourth-order valence-electron chi connectivity index (χ4n) is 1.74. The number of hydrogen-bond donors (Lipinski definition) is 0. The van der Waals surface area contributed by atoms with Crippen molar-refractivity contribution < 1.29 is 14.4 Å². The van der Waals surface area contributed by atoms with E-state index in [1.807, 2.05) is 0 Å². The number of nitro groups is 1. The summed E-state index contributed by atoms with van der Waals surface area (Å²) in [6.07, 6.45) is 0.421. The lowest BCUT2D eigenvalue weighted by Gasteiger charge is -1.97. The van der Waals surface area contributed by atoms with Crippen molar-refractivity contribution in [3.05, 3.63) is 39.4 Å². The molecule has 74 valence electrons. The second kappa shape index (κ2) is 3.34. The van der Waals surface area contributed by atoms with Crippen molar-refractivity contribution in [3.63, 3.8) is 0 Å². The first-order valence-corrected chi connectivity index (χ1v) is 4.24. The van der Waals surface area contributed by atoms with Gasteiger partial charge in [0.05, 0.1) is 4.92 Å². The molecule has 5 heteroatoms. The zero-order chi connectivity index (χ0) is 10.1. The van der Waals surface area contributed by atoms with Crippen LogP contribution in [-0.2, 0) is 17.8 Å². The van der Waals surface area contributed by atoms with Gasteiger partial charge in [0.25, 0.3) is 5.69 Å². The van der Waals surface area contributed by atoms with E-state index in [-0.39, 0.29) is 5.69 Å². The third-order valence-corrected chi connectivity index (χ3v) is 2.42. The molecule has 0 saturated carbocycles. The molecule has 0 aliphatic heterocycles. The quantitative estimate of drug-likeness (QED) is 0.538. The van der Waals surface area contributed by atoms with Crippen LogP contribution in [0.4, 0.5) is 10.2 Å². The molecule has 0 bridgehead atoms. The average Bonchev–Trinajstić information content (AvgIpc) is 2.58. The molecule has 0 saturated heterocycles. The van der Waals surface area contributed by atoms with E-state index in [2.05, 4.69) is 4.94 Å². The van der Waals surface area contributed by atoms with Crippen molar-refractivity contribution in [2.45, 2.75) is 18.9 Å². The molecule has 0 radical (unpaired) electrons. The fourth-order valence-corrected chi connectivity index (χ4v) is 1.74. The smallest absolute Gasteiger partial charge is 0.258 e. The summed E-state index contributed by atoms with van der Waals surface area (Å²) in [6, 6.07) is 4.57. The van der Waals surface area contributed by atoms with Crippen molar-refractivity contribution in [3.8, 4) is 0 Å². The number of hydrogen-bond acceptors (Lipinski definition) is 3. The van der Waals surface area contributed by atoms with Crippen LogP contribution in [0, 0.1) is 10.1 Å². The van der Waals surface area contributed by atoms with Gasteiger partial charge in [-0.25, -0.2) is 0 Å². The molecule has 1 aliphatic carbocycles. The van der Waals surface area contributed by atoms with Crippen LogP contribution in [0.2, 0.25) is 0 Å². The molecule has 4 nitrogen and oxygen atoms in total. The van der Waals surface area contributed by atoms with Crippen LogP contribution >= 0.6 is 0 Å². The lowest BCUT2D eigenvalue weighted by Crippen LogP contribution is -2.06. The van der Waals surface area contributed by atoms with Gasteiger partial charge in [0.15, 0.2) is 0 Å². The minimum atomic E-state index is -0.480. The van der Waals surface area contributed by atoms with Crippen LogP contribution in [0.5, 0.6) is 0 Å². The van der Waals surface area contributed by atoms with E-state index in [1.54, 1.807) is 6.07 Å². The number of rotatable bonds is 2. The highest BCUT2D eigenvalue weighted by Gasteiger charge is 2.24. The number of nitrogens with zero attached hydrogens (tertiary/aromatic N) is 1. The topological polar surface area (TPSA) is 52.4 Å². The van der Waals surface area contributed by atoms with Gasteiger partial charge in [-0.2, -0.15) is 4.94 Å². The molecule has 0 amide bonds. The summed E-state index contributed by atoms with van der Waals surface area (Å²) in [5.41, 5.74) is 1.78. The van der Waals surface area contributed by atoms with Crippen molar-refractivity contribution in [2.24, 2.45) is 0 Å². The number of halogens is 1. The minimum absolute atomic E-state index is 0.0447. The lowest BCUT2D eigenvalue weighted by atomic mass is 10.1. The first-order chi connectivity index (χ1) is 6.70. The van der Waals surface area contributed by atoms with Gasteiger partial charge in [-0.05, 0) is 15.7 Å². The van der Waals surface area contributed by atoms with Gasteiger partial charge in [0.2, 0.25) is 0 Å². The molecule has 2 rings (SSSR count). The van der Waals surface area contributed by atoms with Gasteiger partial charge in [0, 0.05) is 25.0 Å². The molecule has 1 aromatic rings. The maximum Gasteiger partial charge on any atom is 0.269 e. The molecule has 0 N–H and O–H groups in total. The second-order valence-corrected chi connectivity index (χ2v) is 3.33. The number of non-ortho nitro benzene ring substituents is 1. The summed E-state index contributed by atoms with van der Waals surface area (Å²) in [6.45, 7) is 0. The first-order valence-electron chi connectivity index (χ1n) is 4.24. The molecule has 1 aliphatic rings. The van der Waals surface area contributed by atoms with Gasteiger partial charge < -0.3 is 0 Å². The summed E-state index contributed by atoms with van der Waals surface area (Å²) >= 11 is 0. The van der Waals surface area contributed by atoms with Crippen molar-refractivity contribution >= 4 is 5.69 Å². The molecule has 0 aromatic heterocycles. The van der Waals surface area contributed by atoms with Crippen LogP contribution in [0.1, 0.15) is 11.1 Å². The molecular formula is C9H8FNO3. The molecule has 1 atom stereocenters. The van der Waals surface area contributed by atoms with Gasteiger partial charge >= 0.3 is 0 Å². The summed E-state index contributed by atoms with van der Waals surface area (Å²) in [4.78, 5) is 13.7. The lowest BCUT2D eigenvalue weighted by molar-refractivity contribution is -0.384. The van der Waals surface area contributed by atoms with E-state index in [0.29, 0.717) is 12.8 Å². The van der Waals surface area contributed by atoms with Crippen LogP contribution < -0.4 is 0 Å². The van der Waals surface area contributed by atoms with Crippen LogP contribution in [0.3, 0.4) is 0 Å². The number of fused-ring (bicyclic) bond motifs is 1. The van der Waals surface area contributed by atoms with E-state index in [1.165, 1.54) is 12.1 Å². The second-order valence-electron chi connectivity index (χ2n) is 3.33. The van der Waals surface area contributed by atoms with E-state index in [4.69, 9.17) is 0 Å².